The average Bonchev–Trinajstić information content (AvgIpc) is 3.25. The van der Waals surface area contributed by atoms with Crippen molar-refractivity contribution in [2.75, 3.05) is 5.32 Å². The number of benzene rings is 1. The number of aromatic nitrogens is 2. The summed E-state index contributed by atoms with van der Waals surface area (Å²) in [4.78, 5) is 12.4. The van der Waals surface area contributed by atoms with E-state index in [1.54, 1.807) is 25.1 Å². The summed E-state index contributed by atoms with van der Waals surface area (Å²) in [6.45, 7) is 3.74. The van der Waals surface area contributed by atoms with E-state index in [2.05, 4.69) is 21.6 Å². The van der Waals surface area contributed by atoms with Crippen molar-refractivity contribution in [2.24, 2.45) is 0 Å². The minimum absolute atomic E-state index is 0.235. The Hall–Kier alpha value is -2.61. The molecule has 106 valence electrons. The third-order valence-corrected chi connectivity index (χ3v) is 3.96. The maximum Gasteiger partial charge on any atom is 0.257 e. The SMILES string of the molecule is Cc1c(C#N)cccc1C(=O)Nc1n[nH]c(C2CC2)c1C. The maximum atomic E-state index is 12.4. The average molecular weight is 280 g/mol. The van der Waals surface area contributed by atoms with E-state index in [0.717, 1.165) is 11.3 Å². The van der Waals surface area contributed by atoms with Gasteiger partial charge in [0.2, 0.25) is 0 Å². The fraction of sp³-hybridized carbons (Fsp3) is 0.312. The van der Waals surface area contributed by atoms with E-state index in [0.29, 0.717) is 28.4 Å². The highest BCUT2D eigenvalue weighted by Gasteiger charge is 2.28. The zero-order chi connectivity index (χ0) is 15.0. The summed E-state index contributed by atoms with van der Waals surface area (Å²) < 4.78 is 0. The van der Waals surface area contributed by atoms with Crippen LogP contribution in [0.3, 0.4) is 0 Å². The molecular weight excluding hydrogens is 264 g/mol. The molecule has 1 heterocycles. The van der Waals surface area contributed by atoms with Crippen molar-refractivity contribution < 1.29 is 4.79 Å². The quantitative estimate of drug-likeness (QED) is 0.906. The number of amides is 1. The van der Waals surface area contributed by atoms with Gasteiger partial charge in [-0.2, -0.15) is 10.4 Å². The molecule has 1 amide bonds. The molecule has 2 N–H and O–H groups in total. The van der Waals surface area contributed by atoms with E-state index >= 15 is 0 Å². The van der Waals surface area contributed by atoms with Crippen LogP contribution in [-0.4, -0.2) is 16.1 Å². The molecule has 0 spiro atoms. The number of anilines is 1. The molecule has 1 aromatic heterocycles. The van der Waals surface area contributed by atoms with Gasteiger partial charge in [0, 0.05) is 22.7 Å². The number of carbonyl (C=O) groups is 1. The van der Waals surface area contributed by atoms with E-state index in [-0.39, 0.29) is 5.91 Å². The molecule has 1 fully saturated rings. The minimum Gasteiger partial charge on any atom is -0.305 e. The van der Waals surface area contributed by atoms with Gasteiger partial charge < -0.3 is 5.32 Å². The first kappa shape index (κ1) is 13.4. The molecule has 1 aromatic carbocycles. The van der Waals surface area contributed by atoms with Crippen LogP contribution in [0, 0.1) is 25.2 Å². The van der Waals surface area contributed by atoms with Gasteiger partial charge in [-0.1, -0.05) is 6.07 Å². The molecule has 2 aromatic rings. The summed E-state index contributed by atoms with van der Waals surface area (Å²) >= 11 is 0. The second-order valence-electron chi connectivity index (χ2n) is 5.43. The van der Waals surface area contributed by atoms with E-state index in [4.69, 9.17) is 5.26 Å². The second kappa shape index (κ2) is 5.06. The molecule has 0 aliphatic heterocycles. The Kier molecular flexibility index (Phi) is 3.22. The zero-order valence-corrected chi connectivity index (χ0v) is 12.0. The van der Waals surface area contributed by atoms with Crippen molar-refractivity contribution in [3.63, 3.8) is 0 Å². The molecule has 5 heteroatoms. The zero-order valence-electron chi connectivity index (χ0n) is 12.0. The number of carbonyl (C=O) groups excluding carboxylic acids is 1. The second-order valence-corrected chi connectivity index (χ2v) is 5.43. The van der Waals surface area contributed by atoms with Gasteiger partial charge in [0.15, 0.2) is 5.82 Å². The minimum atomic E-state index is -0.235. The monoisotopic (exact) mass is 280 g/mol. The molecule has 0 unspecified atom stereocenters. The number of hydrogen-bond acceptors (Lipinski definition) is 3. The van der Waals surface area contributed by atoms with Crippen LogP contribution in [0.2, 0.25) is 0 Å². The molecule has 0 atom stereocenters. The van der Waals surface area contributed by atoms with Crippen LogP contribution in [0.5, 0.6) is 0 Å². The number of H-pyrrole nitrogens is 1. The Morgan fingerprint density at radius 1 is 1.38 bits per heavy atom. The van der Waals surface area contributed by atoms with E-state index in [1.807, 2.05) is 6.92 Å². The van der Waals surface area contributed by atoms with Gasteiger partial charge in [-0.3, -0.25) is 9.89 Å². The fourth-order valence-electron chi connectivity index (χ4n) is 2.48. The number of nitrogens with one attached hydrogen (secondary N) is 2. The van der Waals surface area contributed by atoms with Crippen molar-refractivity contribution >= 4 is 11.7 Å². The highest BCUT2D eigenvalue weighted by Crippen LogP contribution is 2.41. The van der Waals surface area contributed by atoms with Crippen molar-refractivity contribution in [3.05, 3.63) is 46.1 Å². The highest BCUT2D eigenvalue weighted by molar-refractivity contribution is 6.05. The summed E-state index contributed by atoms with van der Waals surface area (Å²) in [5, 5.41) is 19.1. The van der Waals surface area contributed by atoms with E-state index in [9.17, 15) is 4.79 Å². The normalized spacial score (nSPS) is 13.8. The van der Waals surface area contributed by atoms with Crippen molar-refractivity contribution in [1.29, 1.82) is 5.26 Å². The Morgan fingerprint density at radius 3 is 2.81 bits per heavy atom. The predicted molar refractivity (Wildman–Crippen MR) is 79.1 cm³/mol. The fourth-order valence-corrected chi connectivity index (χ4v) is 2.48. The molecule has 1 aliphatic carbocycles. The molecule has 3 rings (SSSR count). The molecule has 0 saturated heterocycles. The van der Waals surface area contributed by atoms with Crippen molar-refractivity contribution in [1.82, 2.24) is 10.2 Å². The first-order chi connectivity index (χ1) is 10.1. The summed E-state index contributed by atoms with van der Waals surface area (Å²) in [6, 6.07) is 7.23. The number of hydrogen-bond donors (Lipinski definition) is 2. The molecule has 5 nitrogen and oxygen atoms in total. The van der Waals surface area contributed by atoms with Crippen LogP contribution < -0.4 is 5.32 Å². The topological polar surface area (TPSA) is 81.6 Å². The lowest BCUT2D eigenvalue weighted by Gasteiger charge is -2.07. The molecule has 0 bridgehead atoms. The maximum absolute atomic E-state index is 12.4. The molecule has 0 radical (unpaired) electrons. The van der Waals surface area contributed by atoms with Gasteiger partial charge in [-0.05, 0) is 44.4 Å². The van der Waals surface area contributed by atoms with Gasteiger partial charge in [0.05, 0.1) is 11.6 Å². The third-order valence-electron chi connectivity index (χ3n) is 3.96. The third kappa shape index (κ3) is 2.40. The van der Waals surface area contributed by atoms with Crippen molar-refractivity contribution in [3.8, 4) is 6.07 Å². The summed E-state index contributed by atoms with van der Waals surface area (Å²) in [5.74, 6) is 0.900. The smallest absolute Gasteiger partial charge is 0.257 e. The van der Waals surface area contributed by atoms with Crippen LogP contribution in [0.4, 0.5) is 5.82 Å². The standard InChI is InChI=1S/C16H16N4O/c1-9-12(8-17)4-3-5-13(9)16(21)18-15-10(2)14(19-20-15)11-6-7-11/h3-5,11H,6-7H2,1-2H3,(H2,18,19,20,21). The van der Waals surface area contributed by atoms with Gasteiger partial charge >= 0.3 is 0 Å². The van der Waals surface area contributed by atoms with Crippen LogP contribution in [0.25, 0.3) is 0 Å². The molecule has 1 saturated carbocycles. The summed E-state index contributed by atoms with van der Waals surface area (Å²) in [5.41, 5.74) is 3.82. The lowest BCUT2D eigenvalue weighted by Crippen LogP contribution is -2.15. The molecule has 21 heavy (non-hydrogen) atoms. The summed E-state index contributed by atoms with van der Waals surface area (Å²) in [6.07, 6.45) is 2.36. The molecule has 1 aliphatic rings. The van der Waals surface area contributed by atoms with Crippen LogP contribution in [0.15, 0.2) is 18.2 Å². The molecular formula is C16H16N4O. The van der Waals surface area contributed by atoms with Gasteiger partial charge in [0.1, 0.15) is 0 Å². The Labute approximate surface area is 123 Å². The number of nitriles is 1. The highest BCUT2D eigenvalue weighted by atomic mass is 16.1. The van der Waals surface area contributed by atoms with E-state index < -0.39 is 0 Å². The van der Waals surface area contributed by atoms with Crippen LogP contribution in [0.1, 0.15) is 51.5 Å². The predicted octanol–water partition coefficient (Wildman–Crippen LogP) is 3.03. The first-order valence-corrected chi connectivity index (χ1v) is 6.97. The summed E-state index contributed by atoms with van der Waals surface area (Å²) in [7, 11) is 0. The Morgan fingerprint density at radius 2 is 2.14 bits per heavy atom. The van der Waals surface area contributed by atoms with Crippen LogP contribution >= 0.6 is 0 Å². The van der Waals surface area contributed by atoms with Crippen LogP contribution in [-0.2, 0) is 0 Å². The lowest BCUT2D eigenvalue weighted by atomic mass is 10.0. The van der Waals surface area contributed by atoms with Gasteiger partial charge in [-0.15, -0.1) is 0 Å². The Balaban J connectivity index is 1.85. The Bertz CT molecular complexity index is 750. The largest absolute Gasteiger partial charge is 0.305 e. The van der Waals surface area contributed by atoms with Gasteiger partial charge in [0.25, 0.3) is 5.91 Å². The number of aromatic amines is 1. The number of nitrogens with zero attached hydrogens (tertiary/aromatic N) is 2. The van der Waals surface area contributed by atoms with E-state index in [1.165, 1.54) is 12.8 Å². The van der Waals surface area contributed by atoms with Gasteiger partial charge in [-0.25, -0.2) is 0 Å². The lowest BCUT2D eigenvalue weighted by molar-refractivity contribution is 0.102. The number of rotatable bonds is 3. The first-order valence-electron chi connectivity index (χ1n) is 6.97. The van der Waals surface area contributed by atoms with Crippen molar-refractivity contribution in [2.45, 2.75) is 32.6 Å².